The van der Waals surface area contributed by atoms with Crippen LogP contribution in [-0.2, 0) is 0 Å². The lowest BCUT2D eigenvalue weighted by atomic mass is 10.0. The topological polar surface area (TPSA) is 106 Å². The van der Waals surface area contributed by atoms with Crippen LogP contribution in [0.5, 0.6) is 0 Å². The minimum absolute atomic E-state index is 0.0521. The van der Waals surface area contributed by atoms with Crippen molar-refractivity contribution >= 4 is 16.8 Å². The zero-order valence-corrected chi connectivity index (χ0v) is 16.4. The van der Waals surface area contributed by atoms with Gasteiger partial charge < -0.3 is 14.4 Å². The first kappa shape index (κ1) is 17.4. The van der Waals surface area contributed by atoms with Crippen LogP contribution in [0, 0.1) is 0 Å². The second-order valence-electron chi connectivity index (χ2n) is 8.11. The summed E-state index contributed by atoms with van der Waals surface area (Å²) >= 11 is 0. The van der Waals surface area contributed by atoms with Crippen LogP contribution in [0.4, 0.5) is 0 Å². The van der Waals surface area contributed by atoms with Crippen molar-refractivity contribution in [2.45, 2.75) is 37.6 Å². The van der Waals surface area contributed by atoms with E-state index in [1.165, 1.54) is 0 Å². The molecule has 2 aliphatic rings. The van der Waals surface area contributed by atoms with Gasteiger partial charge in [0, 0.05) is 41.7 Å². The highest BCUT2D eigenvalue weighted by Crippen LogP contribution is 2.38. The zero-order valence-electron chi connectivity index (χ0n) is 16.4. The van der Waals surface area contributed by atoms with E-state index in [2.05, 4.69) is 25.4 Å². The Morgan fingerprint density at radius 3 is 3.03 bits per heavy atom. The van der Waals surface area contributed by atoms with Crippen molar-refractivity contribution in [3.05, 3.63) is 48.0 Å². The van der Waals surface area contributed by atoms with Crippen LogP contribution in [0.1, 0.15) is 53.8 Å². The van der Waals surface area contributed by atoms with Crippen molar-refractivity contribution in [3.8, 4) is 11.6 Å². The third kappa shape index (κ3) is 2.97. The van der Waals surface area contributed by atoms with E-state index < -0.39 is 0 Å². The van der Waals surface area contributed by atoms with Crippen molar-refractivity contribution in [3.63, 3.8) is 0 Å². The molecule has 1 N–H and O–H groups in total. The van der Waals surface area contributed by atoms with Crippen molar-refractivity contribution in [2.75, 3.05) is 13.1 Å². The number of H-pyrrole nitrogens is 1. The summed E-state index contributed by atoms with van der Waals surface area (Å²) in [6.07, 6.45) is 7.81. The summed E-state index contributed by atoms with van der Waals surface area (Å²) in [5, 5.41) is 13.5. The number of fused-ring (bicyclic) bond motifs is 1. The molecule has 1 amide bonds. The fourth-order valence-corrected chi connectivity index (χ4v) is 4.20. The van der Waals surface area contributed by atoms with Gasteiger partial charge in [0.15, 0.2) is 11.5 Å². The second kappa shape index (κ2) is 6.79. The van der Waals surface area contributed by atoms with Crippen LogP contribution < -0.4 is 0 Å². The lowest BCUT2D eigenvalue weighted by molar-refractivity contribution is 0.0674. The molecule has 1 unspecified atom stereocenters. The molecule has 0 spiro atoms. The number of hydrogen-bond acceptors (Lipinski definition) is 6. The van der Waals surface area contributed by atoms with Gasteiger partial charge in [-0.15, -0.1) is 5.10 Å². The summed E-state index contributed by atoms with van der Waals surface area (Å²) in [6, 6.07) is 7.81. The summed E-state index contributed by atoms with van der Waals surface area (Å²) in [5.41, 5.74) is 2.28. The highest BCUT2D eigenvalue weighted by Gasteiger charge is 2.30. The SMILES string of the molecule is O=C(c1cccc2[nH]ccc12)N1CCCC(n2cc(-c3nc(C4CC4)no3)nn2)C1. The van der Waals surface area contributed by atoms with E-state index in [1.807, 2.05) is 46.2 Å². The fourth-order valence-electron chi connectivity index (χ4n) is 4.20. The van der Waals surface area contributed by atoms with Gasteiger partial charge in [0.05, 0.1) is 12.2 Å². The number of carbonyl (C=O) groups excluding carboxylic acids is 1. The lowest BCUT2D eigenvalue weighted by Gasteiger charge is -2.32. The van der Waals surface area contributed by atoms with Crippen LogP contribution in [0.15, 0.2) is 41.2 Å². The van der Waals surface area contributed by atoms with Crippen LogP contribution in [0.3, 0.4) is 0 Å². The highest BCUT2D eigenvalue weighted by atomic mass is 16.5. The Bertz CT molecular complexity index is 1220. The van der Waals surface area contributed by atoms with Gasteiger partial charge in [0.1, 0.15) is 0 Å². The maximum absolute atomic E-state index is 13.2. The molecule has 1 saturated heterocycles. The van der Waals surface area contributed by atoms with E-state index in [4.69, 9.17) is 4.52 Å². The van der Waals surface area contributed by atoms with Crippen LogP contribution in [0.2, 0.25) is 0 Å². The van der Waals surface area contributed by atoms with Gasteiger partial charge in [-0.25, -0.2) is 4.68 Å². The number of rotatable bonds is 4. The predicted molar refractivity (Wildman–Crippen MR) is 108 cm³/mol. The normalized spacial score (nSPS) is 19.5. The Morgan fingerprint density at radius 1 is 1.20 bits per heavy atom. The molecule has 0 bridgehead atoms. The summed E-state index contributed by atoms with van der Waals surface area (Å²) in [5.74, 6) is 1.65. The number of nitrogens with zero attached hydrogens (tertiary/aromatic N) is 6. The number of amides is 1. The maximum Gasteiger partial charge on any atom is 0.280 e. The first-order valence-corrected chi connectivity index (χ1v) is 10.4. The number of carbonyl (C=O) groups is 1. The number of likely N-dealkylation sites (tertiary alicyclic amines) is 1. The number of nitrogens with one attached hydrogen (secondary N) is 1. The van der Waals surface area contributed by atoms with Crippen LogP contribution in [0.25, 0.3) is 22.5 Å². The van der Waals surface area contributed by atoms with E-state index in [9.17, 15) is 4.79 Å². The first-order chi connectivity index (χ1) is 14.8. The molecular formula is C21H21N7O2. The molecule has 1 aromatic carbocycles. The van der Waals surface area contributed by atoms with E-state index >= 15 is 0 Å². The van der Waals surface area contributed by atoms with Gasteiger partial charge in [-0.05, 0) is 43.9 Å². The molecule has 3 aromatic heterocycles. The Labute approximate surface area is 172 Å². The monoisotopic (exact) mass is 403 g/mol. The second-order valence-corrected chi connectivity index (χ2v) is 8.11. The van der Waals surface area contributed by atoms with Crippen LogP contribution in [-0.4, -0.2) is 54.0 Å². The molecule has 0 radical (unpaired) electrons. The number of piperidine rings is 1. The average molecular weight is 403 g/mol. The third-order valence-corrected chi connectivity index (χ3v) is 6.00. The standard InChI is InChI=1S/C21H21N7O2/c29-21(16-4-1-5-17-15(16)8-9-22-17)27-10-2-3-14(11-27)28-12-18(24-26-28)20-23-19(25-30-20)13-6-7-13/h1,4-5,8-9,12-14,22H,2-3,6-7,10-11H2. The molecule has 152 valence electrons. The Hall–Kier alpha value is -3.49. The smallest absolute Gasteiger partial charge is 0.280 e. The molecule has 9 heteroatoms. The van der Waals surface area contributed by atoms with Gasteiger partial charge in [-0.2, -0.15) is 4.98 Å². The third-order valence-electron chi connectivity index (χ3n) is 6.00. The van der Waals surface area contributed by atoms with Gasteiger partial charge >= 0.3 is 0 Å². The number of aromatic nitrogens is 6. The summed E-state index contributed by atoms with van der Waals surface area (Å²) in [4.78, 5) is 22.7. The first-order valence-electron chi connectivity index (χ1n) is 10.4. The molecule has 1 aliphatic heterocycles. The highest BCUT2D eigenvalue weighted by molar-refractivity contribution is 6.06. The van der Waals surface area contributed by atoms with Crippen molar-refractivity contribution in [1.29, 1.82) is 0 Å². The van der Waals surface area contributed by atoms with E-state index in [0.717, 1.165) is 54.5 Å². The van der Waals surface area contributed by atoms with Crippen molar-refractivity contribution in [2.24, 2.45) is 0 Å². The molecule has 4 heterocycles. The molecular weight excluding hydrogens is 382 g/mol. The van der Waals surface area contributed by atoms with Gasteiger partial charge in [0.2, 0.25) is 0 Å². The van der Waals surface area contributed by atoms with Gasteiger partial charge in [-0.3, -0.25) is 4.79 Å². The summed E-state index contributed by atoms with van der Waals surface area (Å²) < 4.78 is 7.18. The molecule has 1 saturated carbocycles. The number of benzene rings is 1. The molecule has 1 atom stereocenters. The fraction of sp³-hybridized carbons (Fsp3) is 0.381. The van der Waals surface area contributed by atoms with E-state index in [1.54, 1.807) is 0 Å². The largest absolute Gasteiger partial charge is 0.361 e. The number of aromatic amines is 1. The molecule has 30 heavy (non-hydrogen) atoms. The molecule has 4 aromatic rings. The van der Waals surface area contributed by atoms with Crippen molar-refractivity contribution < 1.29 is 9.32 Å². The Morgan fingerprint density at radius 2 is 2.13 bits per heavy atom. The quantitative estimate of drug-likeness (QED) is 0.561. The minimum atomic E-state index is 0.0521. The van der Waals surface area contributed by atoms with Crippen molar-refractivity contribution in [1.82, 2.24) is 35.0 Å². The molecule has 1 aliphatic carbocycles. The van der Waals surface area contributed by atoms with Crippen LogP contribution >= 0.6 is 0 Å². The summed E-state index contributed by atoms with van der Waals surface area (Å²) in [7, 11) is 0. The maximum atomic E-state index is 13.2. The lowest BCUT2D eigenvalue weighted by Crippen LogP contribution is -2.40. The Kier molecular flexibility index (Phi) is 3.93. The minimum Gasteiger partial charge on any atom is -0.361 e. The van der Waals surface area contributed by atoms with E-state index in [0.29, 0.717) is 24.0 Å². The van der Waals surface area contributed by atoms with Gasteiger partial charge in [-0.1, -0.05) is 16.4 Å². The molecule has 9 nitrogen and oxygen atoms in total. The van der Waals surface area contributed by atoms with E-state index in [-0.39, 0.29) is 11.9 Å². The predicted octanol–water partition coefficient (Wildman–Crippen LogP) is 3.16. The zero-order chi connectivity index (χ0) is 20.1. The molecule has 6 rings (SSSR count). The average Bonchev–Trinajstić information content (AvgIpc) is 3.19. The summed E-state index contributed by atoms with van der Waals surface area (Å²) in [6.45, 7) is 1.34. The Balaban J connectivity index is 1.21. The molecule has 2 fully saturated rings. The van der Waals surface area contributed by atoms with Gasteiger partial charge in [0.25, 0.3) is 11.8 Å². The number of hydrogen-bond donors (Lipinski definition) is 1.